The second kappa shape index (κ2) is 6.47. The maximum atomic E-state index is 12.4. The van der Waals surface area contributed by atoms with Crippen molar-refractivity contribution in [3.8, 4) is 0 Å². The van der Waals surface area contributed by atoms with Crippen molar-refractivity contribution < 1.29 is 4.79 Å². The molecule has 1 saturated carbocycles. The van der Waals surface area contributed by atoms with Crippen LogP contribution in [0.5, 0.6) is 0 Å². The lowest BCUT2D eigenvalue weighted by atomic mass is 9.93. The Labute approximate surface area is 146 Å². The lowest BCUT2D eigenvalue weighted by molar-refractivity contribution is -0.121. The van der Waals surface area contributed by atoms with E-state index in [4.69, 9.17) is 0 Å². The Morgan fingerprint density at radius 3 is 2.88 bits per heavy atom. The fourth-order valence-corrected chi connectivity index (χ4v) is 4.20. The van der Waals surface area contributed by atoms with E-state index in [1.165, 1.54) is 12.8 Å². The van der Waals surface area contributed by atoms with Gasteiger partial charge in [-0.25, -0.2) is 4.98 Å². The predicted molar refractivity (Wildman–Crippen MR) is 97.2 cm³/mol. The Bertz CT molecular complexity index is 899. The molecule has 4 rings (SSSR count). The van der Waals surface area contributed by atoms with Crippen LogP contribution in [0.2, 0.25) is 0 Å². The summed E-state index contributed by atoms with van der Waals surface area (Å²) in [6.45, 7) is 0.744. The number of fused-ring (bicyclic) bond motifs is 3. The van der Waals surface area contributed by atoms with Crippen LogP contribution in [-0.4, -0.2) is 22.0 Å². The molecule has 1 aromatic heterocycles. The molecule has 3 atom stereocenters. The maximum Gasteiger partial charge on any atom is 0.272 e. The number of aryl methyl sites for hydroxylation is 2. The van der Waals surface area contributed by atoms with Crippen LogP contribution >= 0.6 is 0 Å². The number of nitrogens with one attached hydrogen (secondary N) is 1. The van der Waals surface area contributed by atoms with Gasteiger partial charge in [0.15, 0.2) is 0 Å². The van der Waals surface area contributed by atoms with E-state index in [-0.39, 0.29) is 11.5 Å². The van der Waals surface area contributed by atoms with E-state index in [2.05, 4.69) is 22.5 Å². The summed E-state index contributed by atoms with van der Waals surface area (Å²) >= 11 is 0. The zero-order valence-corrected chi connectivity index (χ0v) is 14.4. The molecular weight excluding hydrogens is 314 g/mol. The zero-order valence-electron chi connectivity index (χ0n) is 14.4. The van der Waals surface area contributed by atoms with E-state index >= 15 is 0 Å². The minimum absolute atomic E-state index is 0.00349. The fraction of sp³-hybridized carbons (Fsp3) is 0.450. The molecule has 1 aromatic carbocycles. The van der Waals surface area contributed by atoms with Crippen molar-refractivity contribution in [2.75, 3.05) is 6.54 Å². The molecule has 0 saturated heterocycles. The molecular formula is C20H23N3O2. The largest absolute Gasteiger partial charge is 0.356 e. The monoisotopic (exact) mass is 337 g/mol. The number of hydrogen-bond donors (Lipinski definition) is 1. The predicted octanol–water partition coefficient (Wildman–Crippen LogP) is 2.19. The molecule has 130 valence electrons. The summed E-state index contributed by atoms with van der Waals surface area (Å²) in [6.07, 6.45) is 7.72. The summed E-state index contributed by atoms with van der Waals surface area (Å²) in [5.74, 6) is 1.94. The smallest absolute Gasteiger partial charge is 0.272 e. The molecule has 2 aliphatic rings. The molecule has 5 heteroatoms. The van der Waals surface area contributed by atoms with E-state index in [1.807, 2.05) is 24.3 Å². The zero-order chi connectivity index (χ0) is 17.4. The molecule has 1 amide bonds. The Morgan fingerprint density at radius 2 is 2.12 bits per heavy atom. The summed E-state index contributed by atoms with van der Waals surface area (Å²) in [5, 5.41) is 3.04. The minimum atomic E-state index is -0.121. The summed E-state index contributed by atoms with van der Waals surface area (Å²) < 4.78 is 1.61. The van der Waals surface area contributed by atoms with Crippen LogP contribution in [0.25, 0.3) is 11.0 Å². The molecule has 0 unspecified atom stereocenters. The second-order valence-electron chi connectivity index (χ2n) is 7.26. The number of rotatable bonds is 5. The van der Waals surface area contributed by atoms with Gasteiger partial charge in [-0.3, -0.25) is 9.59 Å². The number of benzene rings is 1. The number of carbonyl (C=O) groups is 1. The van der Waals surface area contributed by atoms with Gasteiger partial charge in [0.1, 0.15) is 5.69 Å². The van der Waals surface area contributed by atoms with Gasteiger partial charge in [-0.05, 0) is 42.7 Å². The highest BCUT2D eigenvalue weighted by molar-refractivity contribution is 5.77. The average Bonchev–Trinajstić information content (AvgIpc) is 3.25. The quantitative estimate of drug-likeness (QED) is 0.851. The lowest BCUT2D eigenvalue weighted by Crippen LogP contribution is -2.32. The lowest BCUT2D eigenvalue weighted by Gasteiger charge is -2.18. The minimum Gasteiger partial charge on any atom is -0.356 e. The maximum absolute atomic E-state index is 12.4. The molecule has 0 radical (unpaired) electrons. The Hall–Kier alpha value is -2.43. The van der Waals surface area contributed by atoms with Crippen molar-refractivity contribution >= 4 is 16.9 Å². The standard InChI is InChI=1S/C20H23N3O2/c1-23-18-5-3-2-4-16(18)22-17(20(23)25)8-9-19(24)21-12-15-11-13-6-7-14(15)10-13/h2-7,13-15H,8-12H2,1H3,(H,21,24)/t13-,14+,15-/m1/s1. The van der Waals surface area contributed by atoms with Gasteiger partial charge in [-0.2, -0.15) is 0 Å². The average molecular weight is 337 g/mol. The molecule has 1 heterocycles. The van der Waals surface area contributed by atoms with Crippen molar-refractivity contribution in [2.45, 2.75) is 25.7 Å². The number of carbonyl (C=O) groups excluding carboxylic acids is 1. The van der Waals surface area contributed by atoms with Crippen LogP contribution < -0.4 is 10.9 Å². The van der Waals surface area contributed by atoms with Gasteiger partial charge >= 0.3 is 0 Å². The van der Waals surface area contributed by atoms with Gasteiger partial charge in [-0.15, -0.1) is 0 Å². The third-order valence-corrected chi connectivity index (χ3v) is 5.62. The van der Waals surface area contributed by atoms with E-state index in [9.17, 15) is 9.59 Å². The summed E-state index contributed by atoms with van der Waals surface area (Å²) in [6, 6.07) is 7.56. The Balaban J connectivity index is 1.37. The van der Waals surface area contributed by atoms with Crippen molar-refractivity contribution in [3.63, 3.8) is 0 Å². The van der Waals surface area contributed by atoms with Crippen LogP contribution in [0.3, 0.4) is 0 Å². The molecule has 0 aliphatic heterocycles. The third kappa shape index (κ3) is 3.11. The van der Waals surface area contributed by atoms with Crippen molar-refractivity contribution in [2.24, 2.45) is 24.8 Å². The van der Waals surface area contributed by atoms with Gasteiger partial charge in [0.25, 0.3) is 5.56 Å². The van der Waals surface area contributed by atoms with Gasteiger partial charge < -0.3 is 9.88 Å². The number of aromatic nitrogens is 2. The molecule has 1 fully saturated rings. The number of hydrogen-bond acceptors (Lipinski definition) is 3. The first kappa shape index (κ1) is 16.1. The van der Waals surface area contributed by atoms with Crippen LogP contribution in [0, 0.1) is 17.8 Å². The van der Waals surface area contributed by atoms with Crippen LogP contribution in [-0.2, 0) is 18.3 Å². The summed E-state index contributed by atoms with van der Waals surface area (Å²) in [4.78, 5) is 29.0. The van der Waals surface area contributed by atoms with Crippen molar-refractivity contribution in [1.29, 1.82) is 0 Å². The highest BCUT2D eigenvalue weighted by Gasteiger charge is 2.35. The van der Waals surface area contributed by atoms with Crippen molar-refractivity contribution in [1.82, 2.24) is 14.9 Å². The first-order chi connectivity index (χ1) is 12.1. The van der Waals surface area contributed by atoms with Crippen LogP contribution in [0.4, 0.5) is 0 Å². The number of amides is 1. The van der Waals surface area contributed by atoms with Crippen LogP contribution in [0.15, 0.2) is 41.2 Å². The first-order valence-electron chi connectivity index (χ1n) is 9.01. The SMILES string of the molecule is Cn1c(=O)c(CCC(=O)NC[C@H]2C[C@@H]3C=C[C@H]2C3)nc2ccccc21. The molecule has 25 heavy (non-hydrogen) atoms. The number of para-hydroxylation sites is 2. The fourth-order valence-electron chi connectivity index (χ4n) is 4.20. The second-order valence-corrected chi connectivity index (χ2v) is 7.26. The summed E-state index contributed by atoms with van der Waals surface area (Å²) in [5.41, 5.74) is 1.93. The molecule has 0 spiro atoms. The highest BCUT2D eigenvalue weighted by Crippen LogP contribution is 2.42. The molecule has 2 aromatic rings. The van der Waals surface area contributed by atoms with E-state index in [0.717, 1.165) is 23.5 Å². The number of nitrogens with zero attached hydrogens (tertiary/aromatic N) is 2. The first-order valence-corrected chi connectivity index (χ1v) is 9.01. The van der Waals surface area contributed by atoms with E-state index in [0.29, 0.717) is 30.4 Å². The van der Waals surface area contributed by atoms with Crippen LogP contribution in [0.1, 0.15) is 25.0 Å². The van der Waals surface area contributed by atoms with Crippen molar-refractivity contribution in [3.05, 3.63) is 52.5 Å². The van der Waals surface area contributed by atoms with E-state index < -0.39 is 0 Å². The van der Waals surface area contributed by atoms with Gasteiger partial charge in [0.05, 0.1) is 11.0 Å². The molecule has 2 aliphatic carbocycles. The highest BCUT2D eigenvalue weighted by atomic mass is 16.1. The number of allylic oxidation sites excluding steroid dienone is 2. The topological polar surface area (TPSA) is 64.0 Å². The molecule has 5 nitrogen and oxygen atoms in total. The third-order valence-electron chi connectivity index (χ3n) is 5.62. The van der Waals surface area contributed by atoms with E-state index in [1.54, 1.807) is 11.6 Å². The molecule has 1 N–H and O–H groups in total. The van der Waals surface area contributed by atoms with Gasteiger partial charge in [0.2, 0.25) is 5.91 Å². The Morgan fingerprint density at radius 1 is 1.28 bits per heavy atom. The van der Waals surface area contributed by atoms with Gasteiger partial charge in [0, 0.05) is 26.4 Å². The van der Waals surface area contributed by atoms with Gasteiger partial charge in [-0.1, -0.05) is 24.3 Å². The normalized spacial score (nSPS) is 24.1. The Kier molecular flexibility index (Phi) is 4.15. The summed E-state index contributed by atoms with van der Waals surface area (Å²) in [7, 11) is 1.75. The molecule has 2 bridgehead atoms.